The predicted molar refractivity (Wildman–Crippen MR) is 65.6 cm³/mol. The molecule has 0 unspecified atom stereocenters. The first-order chi connectivity index (χ1) is 7.65. The molecule has 1 rings (SSSR count). The highest BCUT2D eigenvalue weighted by molar-refractivity contribution is 7.99. The van der Waals surface area contributed by atoms with E-state index >= 15 is 0 Å². The molecular formula is C10H19N3O2S. The first-order valence-corrected chi connectivity index (χ1v) is 6.71. The lowest BCUT2D eigenvalue weighted by atomic mass is 10.2. The quantitative estimate of drug-likeness (QED) is 0.749. The van der Waals surface area contributed by atoms with E-state index in [2.05, 4.69) is 15.5 Å². The summed E-state index contributed by atoms with van der Waals surface area (Å²) in [5.41, 5.74) is 0. The van der Waals surface area contributed by atoms with Crippen molar-refractivity contribution >= 4 is 23.7 Å². The minimum atomic E-state index is -0.411. The number of urea groups is 1. The molecule has 0 saturated carbocycles. The SMILES string of the molecule is CCNC(=O)NC(=O)[C@@H](C)N1CCSCC1. The van der Waals surface area contributed by atoms with Crippen molar-refractivity contribution in [3.63, 3.8) is 0 Å². The zero-order valence-electron chi connectivity index (χ0n) is 9.78. The molecule has 3 amide bonds. The molecule has 6 heteroatoms. The number of carbonyl (C=O) groups is 2. The van der Waals surface area contributed by atoms with Gasteiger partial charge in [0.1, 0.15) is 0 Å². The molecule has 1 fully saturated rings. The van der Waals surface area contributed by atoms with Gasteiger partial charge in [-0.15, -0.1) is 0 Å². The van der Waals surface area contributed by atoms with Gasteiger partial charge in [-0.25, -0.2) is 4.79 Å². The van der Waals surface area contributed by atoms with Crippen molar-refractivity contribution in [3.8, 4) is 0 Å². The van der Waals surface area contributed by atoms with E-state index in [0.717, 1.165) is 24.6 Å². The van der Waals surface area contributed by atoms with Crippen LogP contribution in [0.5, 0.6) is 0 Å². The topological polar surface area (TPSA) is 61.4 Å². The fourth-order valence-corrected chi connectivity index (χ4v) is 2.48. The lowest BCUT2D eigenvalue weighted by Crippen LogP contribution is -2.51. The van der Waals surface area contributed by atoms with Crippen LogP contribution < -0.4 is 10.6 Å². The molecule has 1 atom stereocenters. The summed E-state index contributed by atoms with van der Waals surface area (Å²) in [6, 6.07) is -0.644. The Morgan fingerprint density at radius 1 is 1.38 bits per heavy atom. The summed E-state index contributed by atoms with van der Waals surface area (Å²) in [6.45, 7) is 6.00. The van der Waals surface area contributed by atoms with Gasteiger partial charge in [-0.2, -0.15) is 11.8 Å². The summed E-state index contributed by atoms with van der Waals surface area (Å²) in [5.74, 6) is 1.88. The van der Waals surface area contributed by atoms with Gasteiger partial charge in [0.15, 0.2) is 0 Å². The van der Waals surface area contributed by atoms with E-state index in [9.17, 15) is 9.59 Å². The van der Waals surface area contributed by atoms with E-state index in [1.807, 2.05) is 25.6 Å². The van der Waals surface area contributed by atoms with Crippen LogP contribution in [0.3, 0.4) is 0 Å². The Morgan fingerprint density at radius 2 is 2.00 bits per heavy atom. The third-order valence-corrected chi connectivity index (χ3v) is 3.49. The van der Waals surface area contributed by atoms with Crippen molar-refractivity contribution in [2.75, 3.05) is 31.1 Å². The zero-order chi connectivity index (χ0) is 12.0. The van der Waals surface area contributed by atoms with E-state index in [0.29, 0.717) is 6.54 Å². The van der Waals surface area contributed by atoms with Crippen LogP contribution in [0.2, 0.25) is 0 Å². The van der Waals surface area contributed by atoms with Crippen LogP contribution in [-0.2, 0) is 4.79 Å². The smallest absolute Gasteiger partial charge is 0.321 e. The molecule has 5 nitrogen and oxygen atoms in total. The van der Waals surface area contributed by atoms with Gasteiger partial charge in [0.2, 0.25) is 5.91 Å². The molecule has 1 saturated heterocycles. The first kappa shape index (κ1) is 13.3. The number of carbonyl (C=O) groups excluding carboxylic acids is 2. The molecule has 16 heavy (non-hydrogen) atoms. The average molecular weight is 245 g/mol. The Kier molecular flexibility index (Phi) is 5.62. The van der Waals surface area contributed by atoms with Gasteiger partial charge in [0.05, 0.1) is 6.04 Å². The van der Waals surface area contributed by atoms with Crippen LogP contribution in [0.15, 0.2) is 0 Å². The summed E-state index contributed by atoms with van der Waals surface area (Å²) in [5, 5.41) is 4.88. The lowest BCUT2D eigenvalue weighted by molar-refractivity contribution is -0.124. The van der Waals surface area contributed by atoms with E-state index in [1.165, 1.54) is 0 Å². The number of imide groups is 1. The van der Waals surface area contributed by atoms with Crippen molar-refractivity contribution in [2.45, 2.75) is 19.9 Å². The fraction of sp³-hybridized carbons (Fsp3) is 0.800. The molecule has 0 aromatic rings. The molecule has 0 aromatic heterocycles. The van der Waals surface area contributed by atoms with Gasteiger partial charge in [0, 0.05) is 31.1 Å². The Bertz CT molecular complexity index is 254. The number of hydrogen-bond donors (Lipinski definition) is 2. The number of nitrogens with one attached hydrogen (secondary N) is 2. The number of thioether (sulfide) groups is 1. The number of amides is 3. The molecule has 2 N–H and O–H groups in total. The van der Waals surface area contributed by atoms with Crippen molar-refractivity contribution in [3.05, 3.63) is 0 Å². The second kappa shape index (κ2) is 6.75. The monoisotopic (exact) mass is 245 g/mol. The lowest BCUT2D eigenvalue weighted by Gasteiger charge is -2.30. The van der Waals surface area contributed by atoms with Gasteiger partial charge in [-0.1, -0.05) is 0 Å². The predicted octanol–water partition coefficient (Wildman–Crippen LogP) is 0.269. The summed E-state index contributed by atoms with van der Waals surface area (Å²) < 4.78 is 0. The molecule has 0 aliphatic carbocycles. The van der Waals surface area contributed by atoms with Crippen LogP contribution in [0.25, 0.3) is 0 Å². The van der Waals surface area contributed by atoms with Crippen LogP contribution in [0.4, 0.5) is 4.79 Å². The Labute approximate surface area is 100 Å². The molecule has 0 aromatic carbocycles. The maximum absolute atomic E-state index is 11.7. The normalized spacial score (nSPS) is 18.9. The van der Waals surface area contributed by atoms with Gasteiger partial charge in [-0.05, 0) is 13.8 Å². The van der Waals surface area contributed by atoms with Crippen molar-refractivity contribution < 1.29 is 9.59 Å². The van der Waals surface area contributed by atoms with Crippen LogP contribution in [0, 0.1) is 0 Å². The molecule has 0 bridgehead atoms. The number of hydrogen-bond acceptors (Lipinski definition) is 4. The average Bonchev–Trinajstić information content (AvgIpc) is 2.29. The zero-order valence-corrected chi connectivity index (χ0v) is 10.6. The van der Waals surface area contributed by atoms with Gasteiger partial charge < -0.3 is 5.32 Å². The van der Waals surface area contributed by atoms with Crippen molar-refractivity contribution in [2.24, 2.45) is 0 Å². The first-order valence-electron chi connectivity index (χ1n) is 5.55. The van der Waals surface area contributed by atoms with E-state index in [4.69, 9.17) is 0 Å². The third kappa shape index (κ3) is 4.02. The minimum Gasteiger partial charge on any atom is -0.338 e. The second-order valence-electron chi connectivity index (χ2n) is 3.67. The Hall–Kier alpha value is -0.750. The highest BCUT2D eigenvalue weighted by Gasteiger charge is 2.23. The van der Waals surface area contributed by atoms with E-state index in [1.54, 1.807) is 0 Å². The highest BCUT2D eigenvalue weighted by atomic mass is 32.2. The highest BCUT2D eigenvalue weighted by Crippen LogP contribution is 2.11. The number of nitrogens with zero attached hydrogens (tertiary/aromatic N) is 1. The van der Waals surface area contributed by atoms with E-state index in [-0.39, 0.29) is 11.9 Å². The van der Waals surface area contributed by atoms with Crippen LogP contribution in [0.1, 0.15) is 13.8 Å². The number of rotatable bonds is 3. The summed E-state index contributed by atoms with van der Waals surface area (Å²) in [6.07, 6.45) is 0. The molecule has 92 valence electrons. The van der Waals surface area contributed by atoms with E-state index < -0.39 is 6.03 Å². The molecule has 1 heterocycles. The van der Waals surface area contributed by atoms with Gasteiger partial charge in [0.25, 0.3) is 0 Å². The minimum absolute atomic E-state index is 0.224. The van der Waals surface area contributed by atoms with Gasteiger partial charge >= 0.3 is 6.03 Å². The van der Waals surface area contributed by atoms with Crippen LogP contribution in [-0.4, -0.2) is 54.0 Å². The standard InChI is InChI=1S/C10H19N3O2S/c1-3-11-10(15)12-9(14)8(2)13-4-6-16-7-5-13/h8H,3-7H2,1-2H3,(H2,11,12,14,15)/t8-/m1/s1. The molecular weight excluding hydrogens is 226 g/mol. The molecule has 0 radical (unpaired) electrons. The maximum atomic E-state index is 11.7. The Balaban J connectivity index is 2.37. The van der Waals surface area contributed by atoms with Crippen LogP contribution >= 0.6 is 11.8 Å². The van der Waals surface area contributed by atoms with Crippen molar-refractivity contribution in [1.29, 1.82) is 0 Å². The third-order valence-electron chi connectivity index (χ3n) is 2.55. The van der Waals surface area contributed by atoms with Crippen molar-refractivity contribution in [1.82, 2.24) is 15.5 Å². The molecule has 1 aliphatic rings. The largest absolute Gasteiger partial charge is 0.338 e. The Morgan fingerprint density at radius 3 is 2.56 bits per heavy atom. The van der Waals surface area contributed by atoms with Gasteiger partial charge in [-0.3, -0.25) is 15.0 Å². The second-order valence-corrected chi connectivity index (χ2v) is 4.90. The fourth-order valence-electron chi connectivity index (χ4n) is 1.55. The summed E-state index contributed by atoms with van der Waals surface area (Å²) in [4.78, 5) is 25.0. The summed E-state index contributed by atoms with van der Waals surface area (Å²) in [7, 11) is 0. The molecule has 0 spiro atoms. The maximum Gasteiger partial charge on any atom is 0.321 e. The summed E-state index contributed by atoms with van der Waals surface area (Å²) >= 11 is 1.90. The molecule has 1 aliphatic heterocycles.